The van der Waals surface area contributed by atoms with Gasteiger partial charge < -0.3 is 5.11 Å². The summed E-state index contributed by atoms with van der Waals surface area (Å²) < 4.78 is 35.7. The van der Waals surface area contributed by atoms with Gasteiger partial charge in [0.15, 0.2) is 6.10 Å². The van der Waals surface area contributed by atoms with E-state index in [1.807, 2.05) is 30.3 Å². The summed E-state index contributed by atoms with van der Waals surface area (Å²) in [5.41, 5.74) is 0.955. The summed E-state index contributed by atoms with van der Waals surface area (Å²) in [4.78, 5) is 0. The minimum Gasteiger partial charge on any atom is -0.383 e. The van der Waals surface area contributed by atoms with Crippen LogP contribution in [0.4, 0.5) is 13.2 Å². The van der Waals surface area contributed by atoms with Crippen LogP contribution in [0.3, 0.4) is 0 Å². The maximum absolute atomic E-state index is 11.9. The number of halogens is 3. The third-order valence-electron chi connectivity index (χ3n) is 1.77. The largest absolute Gasteiger partial charge is 0.415 e. The average Bonchev–Trinajstić information content (AvgIpc) is 2.18. The molecule has 0 aliphatic carbocycles. The number of rotatable bonds is 4. The van der Waals surface area contributed by atoms with Gasteiger partial charge in [0.05, 0.1) is 0 Å². The molecule has 0 amide bonds. The SMILES string of the molecule is OC(CSCc1ccccc1)C(F)(F)F. The van der Waals surface area contributed by atoms with Gasteiger partial charge in [-0.15, -0.1) is 0 Å². The van der Waals surface area contributed by atoms with Crippen molar-refractivity contribution in [1.82, 2.24) is 0 Å². The zero-order chi connectivity index (χ0) is 11.3. The lowest BCUT2D eigenvalue weighted by atomic mass is 10.2. The Morgan fingerprint density at radius 1 is 1.20 bits per heavy atom. The molecule has 0 aromatic heterocycles. The number of benzene rings is 1. The van der Waals surface area contributed by atoms with Crippen LogP contribution >= 0.6 is 11.8 Å². The number of thioether (sulfide) groups is 1. The second-order valence-electron chi connectivity index (χ2n) is 3.06. The smallest absolute Gasteiger partial charge is 0.383 e. The zero-order valence-electron chi connectivity index (χ0n) is 7.87. The summed E-state index contributed by atoms with van der Waals surface area (Å²) >= 11 is 1.07. The standard InChI is InChI=1S/C10H11F3OS/c11-10(12,13)9(14)7-15-6-8-4-2-1-3-5-8/h1-5,9,14H,6-7H2. The molecule has 15 heavy (non-hydrogen) atoms. The summed E-state index contributed by atoms with van der Waals surface area (Å²) in [6.07, 6.45) is -6.74. The number of aliphatic hydroxyl groups is 1. The lowest BCUT2D eigenvalue weighted by Gasteiger charge is -2.13. The lowest BCUT2D eigenvalue weighted by molar-refractivity contribution is -0.195. The molecular weight excluding hydrogens is 225 g/mol. The lowest BCUT2D eigenvalue weighted by Crippen LogP contribution is -2.30. The van der Waals surface area contributed by atoms with Crippen molar-refractivity contribution >= 4 is 11.8 Å². The van der Waals surface area contributed by atoms with Crippen molar-refractivity contribution in [3.8, 4) is 0 Å². The van der Waals surface area contributed by atoms with Gasteiger partial charge in [0, 0.05) is 11.5 Å². The molecule has 1 N–H and O–H groups in total. The highest BCUT2D eigenvalue weighted by Crippen LogP contribution is 2.24. The van der Waals surface area contributed by atoms with Gasteiger partial charge in [-0.25, -0.2) is 0 Å². The number of alkyl halides is 3. The Labute approximate surface area is 90.3 Å². The first-order valence-corrected chi connectivity index (χ1v) is 5.52. The van der Waals surface area contributed by atoms with Crippen LogP contribution in [0.5, 0.6) is 0 Å². The molecule has 0 fully saturated rings. The van der Waals surface area contributed by atoms with Gasteiger partial charge in [0.1, 0.15) is 0 Å². The second kappa shape index (κ2) is 5.42. The van der Waals surface area contributed by atoms with Crippen LogP contribution in [0, 0.1) is 0 Å². The number of hydrogen-bond acceptors (Lipinski definition) is 2. The third-order valence-corrected chi connectivity index (χ3v) is 2.85. The van der Waals surface area contributed by atoms with Crippen molar-refractivity contribution in [2.75, 3.05) is 5.75 Å². The van der Waals surface area contributed by atoms with Gasteiger partial charge in [0.25, 0.3) is 0 Å². The summed E-state index contributed by atoms with van der Waals surface area (Å²) in [7, 11) is 0. The van der Waals surface area contributed by atoms with Crippen molar-refractivity contribution in [1.29, 1.82) is 0 Å². The van der Waals surface area contributed by atoms with Gasteiger partial charge in [-0.2, -0.15) is 24.9 Å². The van der Waals surface area contributed by atoms with Crippen molar-refractivity contribution in [2.24, 2.45) is 0 Å². The number of aliphatic hydroxyl groups excluding tert-OH is 1. The van der Waals surface area contributed by atoms with Crippen LogP contribution in [-0.2, 0) is 5.75 Å². The van der Waals surface area contributed by atoms with Gasteiger partial charge in [0.2, 0.25) is 0 Å². The fourth-order valence-electron chi connectivity index (χ4n) is 0.957. The molecule has 0 aliphatic rings. The maximum Gasteiger partial charge on any atom is 0.415 e. The molecule has 0 saturated carbocycles. The van der Waals surface area contributed by atoms with Gasteiger partial charge >= 0.3 is 6.18 Å². The molecule has 1 rings (SSSR count). The molecule has 1 atom stereocenters. The van der Waals surface area contributed by atoms with E-state index >= 15 is 0 Å². The van der Waals surface area contributed by atoms with E-state index in [0.717, 1.165) is 17.3 Å². The number of hydrogen-bond donors (Lipinski definition) is 1. The van der Waals surface area contributed by atoms with Crippen LogP contribution in [0.25, 0.3) is 0 Å². The first kappa shape index (κ1) is 12.4. The quantitative estimate of drug-likeness (QED) is 0.867. The van der Waals surface area contributed by atoms with E-state index < -0.39 is 12.3 Å². The third kappa shape index (κ3) is 4.57. The minimum atomic E-state index is -4.51. The summed E-state index contributed by atoms with van der Waals surface area (Å²) in [6, 6.07) is 9.19. The van der Waals surface area contributed by atoms with Gasteiger partial charge in [-0.3, -0.25) is 0 Å². The summed E-state index contributed by atoms with van der Waals surface area (Å²) in [5, 5.41) is 8.72. The highest BCUT2D eigenvalue weighted by Gasteiger charge is 2.37. The second-order valence-corrected chi connectivity index (χ2v) is 4.09. The molecule has 0 aliphatic heterocycles. The Morgan fingerprint density at radius 2 is 1.80 bits per heavy atom. The Balaban J connectivity index is 2.28. The monoisotopic (exact) mass is 236 g/mol. The summed E-state index contributed by atoms with van der Waals surface area (Å²) in [6.45, 7) is 0. The van der Waals surface area contributed by atoms with Crippen LogP contribution in [0.2, 0.25) is 0 Å². The zero-order valence-corrected chi connectivity index (χ0v) is 8.68. The molecule has 0 saturated heterocycles. The van der Waals surface area contributed by atoms with Gasteiger partial charge in [-0.05, 0) is 5.56 Å². The molecule has 1 aromatic carbocycles. The van der Waals surface area contributed by atoms with E-state index in [0.29, 0.717) is 5.75 Å². The first-order chi connectivity index (χ1) is 7.00. The van der Waals surface area contributed by atoms with Crippen LogP contribution in [0.15, 0.2) is 30.3 Å². The Hall–Kier alpha value is -0.680. The fourth-order valence-corrected chi connectivity index (χ4v) is 1.92. The predicted molar refractivity (Wildman–Crippen MR) is 54.7 cm³/mol. The molecule has 0 spiro atoms. The average molecular weight is 236 g/mol. The highest BCUT2D eigenvalue weighted by atomic mass is 32.2. The Kier molecular flexibility index (Phi) is 4.47. The molecular formula is C10H11F3OS. The Bertz CT molecular complexity index is 286. The van der Waals surface area contributed by atoms with Crippen LogP contribution < -0.4 is 0 Å². The van der Waals surface area contributed by atoms with Crippen LogP contribution in [-0.4, -0.2) is 23.1 Å². The normalized spacial score (nSPS) is 13.9. The molecule has 5 heteroatoms. The molecule has 1 unspecified atom stereocenters. The van der Waals surface area contributed by atoms with E-state index in [1.54, 1.807) is 0 Å². The molecule has 0 radical (unpaired) electrons. The van der Waals surface area contributed by atoms with E-state index in [4.69, 9.17) is 5.11 Å². The molecule has 84 valence electrons. The molecule has 0 bridgehead atoms. The van der Waals surface area contributed by atoms with Crippen molar-refractivity contribution in [3.05, 3.63) is 35.9 Å². The van der Waals surface area contributed by atoms with Crippen LogP contribution in [0.1, 0.15) is 5.56 Å². The maximum atomic E-state index is 11.9. The first-order valence-electron chi connectivity index (χ1n) is 4.36. The van der Waals surface area contributed by atoms with Crippen molar-refractivity contribution in [2.45, 2.75) is 18.0 Å². The molecule has 0 heterocycles. The summed E-state index contributed by atoms with van der Waals surface area (Å²) in [5.74, 6) is 0.159. The topological polar surface area (TPSA) is 20.2 Å². The minimum absolute atomic E-state index is 0.321. The Morgan fingerprint density at radius 3 is 2.33 bits per heavy atom. The highest BCUT2D eigenvalue weighted by molar-refractivity contribution is 7.98. The predicted octanol–water partition coefficient (Wildman–Crippen LogP) is 2.84. The molecule has 1 nitrogen and oxygen atoms in total. The van der Waals surface area contributed by atoms with Gasteiger partial charge in [-0.1, -0.05) is 30.3 Å². The van der Waals surface area contributed by atoms with E-state index in [2.05, 4.69) is 0 Å². The van der Waals surface area contributed by atoms with Crippen molar-refractivity contribution in [3.63, 3.8) is 0 Å². The molecule has 1 aromatic rings. The van der Waals surface area contributed by atoms with E-state index in [1.165, 1.54) is 0 Å². The van der Waals surface area contributed by atoms with E-state index in [-0.39, 0.29) is 5.75 Å². The van der Waals surface area contributed by atoms with E-state index in [9.17, 15) is 13.2 Å². The fraction of sp³-hybridized carbons (Fsp3) is 0.400. The van der Waals surface area contributed by atoms with Crippen molar-refractivity contribution < 1.29 is 18.3 Å².